The maximum Gasteiger partial charge on any atom is 0.160 e. The molecule has 222 valence electrons. The molecule has 6 aromatic carbocycles. The van der Waals surface area contributed by atoms with Crippen molar-refractivity contribution in [2.24, 2.45) is 0 Å². The summed E-state index contributed by atoms with van der Waals surface area (Å²) >= 11 is 1.77. The minimum atomic E-state index is -0.107. The van der Waals surface area contributed by atoms with Gasteiger partial charge < -0.3 is 4.57 Å². The van der Waals surface area contributed by atoms with E-state index in [-0.39, 0.29) is 5.41 Å². The van der Waals surface area contributed by atoms with Gasteiger partial charge in [0.15, 0.2) is 5.82 Å². The summed E-state index contributed by atoms with van der Waals surface area (Å²) in [6.45, 7) is 4.75. The van der Waals surface area contributed by atoms with Crippen LogP contribution in [-0.4, -0.2) is 14.5 Å². The molecule has 0 aliphatic heterocycles. The Balaban J connectivity index is 1.24. The summed E-state index contributed by atoms with van der Waals surface area (Å²) in [6.07, 6.45) is 0. The van der Waals surface area contributed by atoms with Crippen molar-refractivity contribution in [1.29, 1.82) is 0 Å². The Morgan fingerprint density at radius 3 is 2.23 bits per heavy atom. The Labute approximate surface area is 276 Å². The number of benzene rings is 6. The third-order valence-electron chi connectivity index (χ3n) is 9.98. The van der Waals surface area contributed by atoms with Crippen molar-refractivity contribution < 1.29 is 0 Å². The summed E-state index contributed by atoms with van der Waals surface area (Å²) in [4.78, 5) is 10.4. The van der Waals surface area contributed by atoms with E-state index in [0.29, 0.717) is 0 Å². The first-order valence-corrected chi connectivity index (χ1v) is 16.9. The van der Waals surface area contributed by atoms with Crippen molar-refractivity contribution in [3.8, 4) is 39.5 Å². The van der Waals surface area contributed by atoms with Crippen molar-refractivity contribution in [3.63, 3.8) is 0 Å². The molecule has 1 aliphatic rings. The Morgan fingerprint density at radius 1 is 0.596 bits per heavy atom. The molecule has 0 spiro atoms. The summed E-state index contributed by atoms with van der Waals surface area (Å²) in [5, 5.41) is 3.79. The van der Waals surface area contributed by atoms with Gasteiger partial charge in [-0.25, -0.2) is 9.97 Å². The second-order valence-corrected chi connectivity index (χ2v) is 14.0. The highest BCUT2D eigenvalue weighted by Crippen LogP contribution is 2.53. The third kappa shape index (κ3) is 3.73. The van der Waals surface area contributed by atoms with Gasteiger partial charge in [-0.05, 0) is 52.6 Å². The summed E-state index contributed by atoms with van der Waals surface area (Å²) in [7, 11) is 0. The van der Waals surface area contributed by atoms with E-state index < -0.39 is 0 Å². The van der Waals surface area contributed by atoms with Crippen LogP contribution in [0, 0.1) is 0 Å². The van der Waals surface area contributed by atoms with Gasteiger partial charge in [-0.2, -0.15) is 0 Å². The first-order chi connectivity index (χ1) is 23.1. The average molecular weight is 620 g/mol. The smallest absolute Gasteiger partial charge is 0.160 e. The maximum absolute atomic E-state index is 5.26. The topological polar surface area (TPSA) is 30.7 Å². The van der Waals surface area contributed by atoms with Crippen LogP contribution in [0.4, 0.5) is 0 Å². The van der Waals surface area contributed by atoms with Crippen molar-refractivity contribution >= 4 is 53.4 Å². The van der Waals surface area contributed by atoms with Gasteiger partial charge in [-0.1, -0.05) is 123 Å². The minimum absolute atomic E-state index is 0.107. The summed E-state index contributed by atoms with van der Waals surface area (Å²) in [5.74, 6) is 0.747. The zero-order chi connectivity index (χ0) is 31.3. The second kappa shape index (κ2) is 9.71. The predicted octanol–water partition coefficient (Wildman–Crippen LogP) is 11.6. The van der Waals surface area contributed by atoms with Gasteiger partial charge in [0.1, 0.15) is 0 Å². The molecule has 10 rings (SSSR count). The zero-order valence-electron chi connectivity index (χ0n) is 26.0. The van der Waals surface area contributed by atoms with E-state index in [0.717, 1.165) is 38.5 Å². The van der Waals surface area contributed by atoms with Crippen LogP contribution in [0.5, 0.6) is 0 Å². The van der Waals surface area contributed by atoms with Gasteiger partial charge >= 0.3 is 0 Å². The number of para-hydroxylation sites is 1. The monoisotopic (exact) mass is 619 g/mol. The normalized spacial score (nSPS) is 13.5. The second-order valence-electron chi connectivity index (χ2n) is 13.0. The highest BCUT2D eigenvalue weighted by atomic mass is 32.1. The van der Waals surface area contributed by atoms with Crippen LogP contribution in [0.25, 0.3) is 81.6 Å². The van der Waals surface area contributed by atoms with E-state index in [4.69, 9.17) is 9.97 Å². The number of rotatable bonds is 3. The van der Waals surface area contributed by atoms with Gasteiger partial charge in [0.05, 0.1) is 26.9 Å². The SMILES string of the molecule is CC1(C)c2ccccc2-c2ccc3c(c21)c1ccccc1n3-c1cccc(-c2nc(-c3ccccc3)nc3c2sc2ccccc23)c1. The van der Waals surface area contributed by atoms with Crippen LogP contribution in [0.2, 0.25) is 0 Å². The van der Waals surface area contributed by atoms with Gasteiger partial charge in [-0.3, -0.25) is 0 Å². The predicted molar refractivity (Wildman–Crippen MR) is 198 cm³/mol. The first-order valence-electron chi connectivity index (χ1n) is 16.1. The molecule has 3 aromatic heterocycles. The Bertz CT molecular complexity index is 2710. The fourth-order valence-electron chi connectivity index (χ4n) is 7.91. The fraction of sp³-hybridized carbons (Fsp3) is 0.0698. The molecule has 0 unspecified atom stereocenters. The minimum Gasteiger partial charge on any atom is -0.309 e. The molecular formula is C43H29N3S. The van der Waals surface area contributed by atoms with Crippen LogP contribution in [-0.2, 0) is 5.41 Å². The van der Waals surface area contributed by atoms with E-state index in [1.54, 1.807) is 11.3 Å². The third-order valence-corrected chi connectivity index (χ3v) is 11.2. The standard InChI is InChI=1S/C43H29N3S/c1-43(2)33-20-9-6-17-29(33)30-23-24-35-37(38(30)43)31-18-7-10-21-34(31)46(35)28-16-12-15-27(25-28)39-41-40(32-19-8-11-22-36(32)47-41)45-42(44-39)26-13-4-3-5-14-26/h3-25H,1-2H3. The number of fused-ring (bicyclic) bond motifs is 10. The molecule has 0 fully saturated rings. The summed E-state index contributed by atoms with van der Waals surface area (Å²) < 4.78 is 4.77. The molecule has 9 aromatic rings. The quantitative estimate of drug-likeness (QED) is 0.197. The lowest BCUT2D eigenvalue weighted by atomic mass is 9.80. The van der Waals surface area contributed by atoms with Crippen LogP contribution in [0.1, 0.15) is 25.0 Å². The molecular weight excluding hydrogens is 591 g/mol. The van der Waals surface area contributed by atoms with Crippen LogP contribution in [0.3, 0.4) is 0 Å². The van der Waals surface area contributed by atoms with E-state index in [1.807, 2.05) is 18.2 Å². The van der Waals surface area contributed by atoms with Gasteiger partial charge in [0.2, 0.25) is 0 Å². The summed E-state index contributed by atoms with van der Waals surface area (Å²) in [6, 6.07) is 50.2. The molecule has 1 aliphatic carbocycles. The first kappa shape index (κ1) is 26.6. The van der Waals surface area contributed by atoms with Crippen molar-refractivity contribution in [2.45, 2.75) is 19.3 Å². The Kier molecular flexibility index (Phi) is 5.50. The fourth-order valence-corrected chi connectivity index (χ4v) is 9.06. The summed E-state index contributed by atoms with van der Waals surface area (Å²) in [5.41, 5.74) is 13.0. The molecule has 0 N–H and O–H groups in total. The lowest BCUT2D eigenvalue weighted by Crippen LogP contribution is -2.15. The molecule has 4 heteroatoms. The van der Waals surface area contributed by atoms with Crippen molar-refractivity contribution in [2.75, 3.05) is 0 Å². The zero-order valence-corrected chi connectivity index (χ0v) is 26.8. The van der Waals surface area contributed by atoms with E-state index >= 15 is 0 Å². The molecule has 3 nitrogen and oxygen atoms in total. The highest BCUT2D eigenvalue weighted by Gasteiger charge is 2.38. The number of aromatic nitrogens is 3. The number of thiophene rings is 1. The van der Waals surface area contributed by atoms with Gasteiger partial charge in [-0.15, -0.1) is 11.3 Å². The maximum atomic E-state index is 5.26. The Morgan fingerprint density at radius 2 is 1.34 bits per heavy atom. The molecule has 47 heavy (non-hydrogen) atoms. The van der Waals surface area contributed by atoms with Crippen LogP contribution in [0.15, 0.2) is 140 Å². The van der Waals surface area contributed by atoms with Crippen molar-refractivity contribution in [3.05, 3.63) is 151 Å². The highest BCUT2D eigenvalue weighted by molar-refractivity contribution is 7.26. The molecule has 0 saturated heterocycles. The van der Waals surface area contributed by atoms with Crippen LogP contribution < -0.4 is 0 Å². The number of hydrogen-bond donors (Lipinski definition) is 0. The average Bonchev–Trinajstić information content (AvgIpc) is 3.74. The van der Waals surface area contributed by atoms with Crippen molar-refractivity contribution in [1.82, 2.24) is 14.5 Å². The lowest BCUT2D eigenvalue weighted by Gasteiger charge is -2.22. The number of nitrogens with zero attached hydrogens (tertiary/aromatic N) is 3. The van der Waals surface area contributed by atoms with E-state index in [1.165, 1.54) is 54.1 Å². The lowest BCUT2D eigenvalue weighted by molar-refractivity contribution is 0.666. The molecule has 0 bridgehead atoms. The molecule has 0 radical (unpaired) electrons. The van der Waals surface area contributed by atoms with Gasteiger partial charge in [0.25, 0.3) is 0 Å². The molecule has 3 heterocycles. The number of hydrogen-bond acceptors (Lipinski definition) is 3. The van der Waals surface area contributed by atoms with E-state index in [9.17, 15) is 0 Å². The van der Waals surface area contributed by atoms with Gasteiger partial charge in [0, 0.05) is 43.1 Å². The molecule has 0 saturated carbocycles. The van der Waals surface area contributed by atoms with Crippen LogP contribution >= 0.6 is 11.3 Å². The largest absolute Gasteiger partial charge is 0.309 e. The molecule has 0 amide bonds. The Hall–Kier alpha value is -5.58. The van der Waals surface area contributed by atoms with E-state index in [2.05, 4.69) is 140 Å². The molecule has 0 atom stereocenters.